The Balaban J connectivity index is 1.66. The van der Waals surface area contributed by atoms with Crippen LogP contribution in [-0.2, 0) is 14.8 Å². The number of carbonyl (C=O) groups is 1. The molecule has 25 heavy (non-hydrogen) atoms. The van der Waals surface area contributed by atoms with Crippen LogP contribution >= 0.6 is 0 Å². The number of benzene rings is 2. The van der Waals surface area contributed by atoms with Gasteiger partial charge in [-0.3, -0.25) is 4.79 Å². The first-order valence-corrected chi connectivity index (χ1v) is 9.12. The van der Waals surface area contributed by atoms with Gasteiger partial charge in [0.05, 0.1) is 11.4 Å². The summed E-state index contributed by atoms with van der Waals surface area (Å²) in [5, 5.41) is 2.67. The van der Waals surface area contributed by atoms with Crippen molar-refractivity contribution in [3.05, 3.63) is 48.5 Å². The van der Waals surface area contributed by atoms with E-state index in [1.54, 1.807) is 36.4 Å². The zero-order valence-electron chi connectivity index (χ0n) is 13.6. The molecule has 0 spiro atoms. The van der Waals surface area contributed by atoms with Crippen LogP contribution in [0, 0.1) is 0 Å². The number of nitrogens with zero attached hydrogens (tertiary/aromatic N) is 1. The van der Waals surface area contributed by atoms with Crippen LogP contribution in [0.25, 0.3) is 0 Å². The number of amides is 1. The predicted molar refractivity (Wildman–Crippen MR) is 92.3 cm³/mol. The maximum Gasteiger partial charge on any atom is 0.243 e. The molecule has 3 rings (SSSR count). The summed E-state index contributed by atoms with van der Waals surface area (Å²) in [7, 11) is -2.35. The maximum absolute atomic E-state index is 12.4. The number of fused-ring (bicyclic) bond motifs is 1. The molecule has 1 aliphatic rings. The summed E-state index contributed by atoms with van der Waals surface area (Å²) in [5.41, 5.74) is 0.514. The number of nitrogens with one attached hydrogen (secondary N) is 1. The molecule has 0 atom stereocenters. The van der Waals surface area contributed by atoms with Crippen LogP contribution in [0.1, 0.15) is 0 Å². The first-order valence-electron chi connectivity index (χ1n) is 7.68. The van der Waals surface area contributed by atoms with Crippen LogP contribution in [0.3, 0.4) is 0 Å². The van der Waals surface area contributed by atoms with Gasteiger partial charge in [0.15, 0.2) is 11.5 Å². The van der Waals surface area contributed by atoms with E-state index in [-0.39, 0.29) is 11.4 Å². The van der Waals surface area contributed by atoms with E-state index in [4.69, 9.17) is 9.47 Å². The lowest BCUT2D eigenvalue weighted by molar-refractivity contribution is -0.116. The Hall–Kier alpha value is -2.58. The maximum atomic E-state index is 12.4. The zero-order chi connectivity index (χ0) is 17.9. The molecule has 0 unspecified atom stereocenters. The number of hydrogen-bond donors (Lipinski definition) is 1. The highest BCUT2D eigenvalue weighted by Gasteiger charge is 2.23. The average Bonchev–Trinajstić information content (AvgIpc) is 2.62. The van der Waals surface area contributed by atoms with Crippen molar-refractivity contribution in [1.82, 2.24) is 4.31 Å². The van der Waals surface area contributed by atoms with Crippen LogP contribution in [-0.4, -0.2) is 45.4 Å². The van der Waals surface area contributed by atoms with E-state index in [1.165, 1.54) is 19.2 Å². The second-order valence-corrected chi connectivity index (χ2v) is 7.53. The predicted octanol–water partition coefficient (Wildman–Crippen LogP) is 1.72. The Kier molecular flexibility index (Phi) is 4.91. The minimum Gasteiger partial charge on any atom is -0.486 e. The molecule has 0 aromatic heterocycles. The van der Waals surface area contributed by atoms with Gasteiger partial charge in [-0.1, -0.05) is 18.2 Å². The van der Waals surface area contributed by atoms with Gasteiger partial charge in [-0.25, -0.2) is 8.42 Å². The van der Waals surface area contributed by atoms with E-state index in [0.29, 0.717) is 30.4 Å². The molecule has 2 aromatic rings. The summed E-state index contributed by atoms with van der Waals surface area (Å²) < 4.78 is 36.7. The van der Waals surface area contributed by atoms with Crippen molar-refractivity contribution >= 4 is 21.6 Å². The molecule has 1 N–H and O–H groups in total. The fourth-order valence-corrected chi connectivity index (χ4v) is 3.53. The number of carbonyl (C=O) groups excluding carboxylic acids is 1. The normalized spacial score (nSPS) is 13.5. The molecule has 1 amide bonds. The van der Waals surface area contributed by atoms with Crippen LogP contribution in [0.2, 0.25) is 0 Å². The summed E-state index contributed by atoms with van der Waals surface area (Å²) >= 11 is 0. The minimum atomic E-state index is -3.71. The van der Waals surface area contributed by atoms with Crippen molar-refractivity contribution in [2.24, 2.45) is 0 Å². The SMILES string of the molecule is CN(CC(=O)Nc1ccc2c(c1)OCCO2)S(=O)(=O)c1ccccc1. The molecular weight excluding hydrogens is 344 g/mol. The van der Waals surface area contributed by atoms with Crippen molar-refractivity contribution in [2.75, 3.05) is 32.1 Å². The fraction of sp³-hybridized carbons (Fsp3) is 0.235. The van der Waals surface area contributed by atoms with Crippen molar-refractivity contribution < 1.29 is 22.7 Å². The lowest BCUT2D eigenvalue weighted by atomic mass is 10.2. The van der Waals surface area contributed by atoms with Gasteiger partial charge in [-0.05, 0) is 24.3 Å². The van der Waals surface area contributed by atoms with E-state index in [0.717, 1.165) is 4.31 Å². The largest absolute Gasteiger partial charge is 0.486 e. The minimum absolute atomic E-state index is 0.143. The standard InChI is InChI=1S/C17H18N2O5S/c1-19(25(21,22)14-5-3-2-4-6-14)12-17(20)18-13-7-8-15-16(11-13)24-10-9-23-15/h2-8,11H,9-10,12H2,1H3,(H,18,20). The number of rotatable bonds is 5. The van der Waals surface area contributed by atoms with Gasteiger partial charge in [0.25, 0.3) is 0 Å². The molecule has 7 nitrogen and oxygen atoms in total. The second kappa shape index (κ2) is 7.12. The van der Waals surface area contributed by atoms with E-state index < -0.39 is 15.9 Å². The second-order valence-electron chi connectivity index (χ2n) is 5.48. The molecule has 1 heterocycles. The van der Waals surface area contributed by atoms with Gasteiger partial charge < -0.3 is 14.8 Å². The van der Waals surface area contributed by atoms with Crippen molar-refractivity contribution in [2.45, 2.75) is 4.90 Å². The van der Waals surface area contributed by atoms with E-state index in [2.05, 4.69) is 5.32 Å². The summed E-state index contributed by atoms with van der Waals surface area (Å²) in [5.74, 6) is 0.723. The highest BCUT2D eigenvalue weighted by Crippen LogP contribution is 2.32. The van der Waals surface area contributed by atoms with Gasteiger partial charge in [-0.2, -0.15) is 4.31 Å². The van der Waals surface area contributed by atoms with Crippen LogP contribution in [0.15, 0.2) is 53.4 Å². The smallest absolute Gasteiger partial charge is 0.243 e. The number of likely N-dealkylation sites (N-methyl/N-ethyl adjacent to an activating group) is 1. The molecule has 0 fully saturated rings. The van der Waals surface area contributed by atoms with Crippen LogP contribution in [0.5, 0.6) is 11.5 Å². The molecule has 0 aliphatic carbocycles. The summed E-state index contributed by atoms with van der Waals surface area (Å²) in [6.07, 6.45) is 0. The summed E-state index contributed by atoms with van der Waals surface area (Å²) in [6.45, 7) is 0.634. The summed E-state index contributed by atoms with van der Waals surface area (Å²) in [6, 6.07) is 13.0. The Bertz CT molecular complexity index is 868. The zero-order valence-corrected chi connectivity index (χ0v) is 14.5. The van der Waals surface area contributed by atoms with Gasteiger partial charge >= 0.3 is 0 Å². The third-order valence-electron chi connectivity index (χ3n) is 3.64. The molecule has 0 saturated heterocycles. The molecular formula is C17H18N2O5S. The number of anilines is 1. The van der Waals surface area contributed by atoms with E-state index in [9.17, 15) is 13.2 Å². The van der Waals surface area contributed by atoms with E-state index >= 15 is 0 Å². The number of ether oxygens (including phenoxy) is 2. The first-order chi connectivity index (χ1) is 12.0. The Morgan fingerprint density at radius 3 is 2.48 bits per heavy atom. The quantitative estimate of drug-likeness (QED) is 0.875. The fourth-order valence-electron chi connectivity index (χ4n) is 2.38. The first kappa shape index (κ1) is 17.2. The number of hydrogen-bond acceptors (Lipinski definition) is 5. The Labute approximate surface area is 146 Å². The molecule has 1 aliphatic heterocycles. The summed E-state index contributed by atoms with van der Waals surface area (Å²) in [4.78, 5) is 12.3. The third kappa shape index (κ3) is 3.92. The monoisotopic (exact) mass is 362 g/mol. The van der Waals surface area contributed by atoms with Gasteiger partial charge in [0.2, 0.25) is 15.9 Å². The Morgan fingerprint density at radius 1 is 1.08 bits per heavy atom. The Morgan fingerprint density at radius 2 is 1.76 bits per heavy atom. The lowest BCUT2D eigenvalue weighted by Gasteiger charge is -2.20. The molecule has 0 bridgehead atoms. The van der Waals surface area contributed by atoms with Crippen molar-refractivity contribution in [1.29, 1.82) is 0 Å². The highest BCUT2D eigenvalue weighted by atomic mass is 32.2. The average molecular weight is 362 g/mol. The molecule has 0 radical (unpaired) electrons. The molecule has 2 aromatic carbocycles. The number of sulfonamides is 1. The lowest BCUT2D eigenvalue weighted by Crippen LogP contribution is -2.34. The van der Waals surface area contributed by atoms with E-state index in [1.807, 2.05) is 0 Å². The van der Waals surface area contributed by atoms with Crippen LogP contribution in [0.4, 0.5) is 5.69 Å². The van der Waals surface area contributed by atoms with Crippen molar-refractivity contribution in [3.8, 4) is 11.5 Å². The van der Waals surface area contributed by atoms with Crippen LogP contribution < -0.4 is 14.8 Å². The topological polar surface area (TPSA) is 84.9 Å². The third-order valence-corrected chi connectivity index (χ3v) is 5.46. The van der Waals surface area contributed by atoms with Crippen molar-refractivity contribution in [3.63, 3.8) is 0 Å². The molecule has 132 valence electrons. The van der Waals surface area contributed by atoms with Gasteiger partial charge in [-0.15, -0.1) is 0 Å². The highest BCUT2D eigenvalue weighted by molar-refractivity contribution is 7.89. The van der Waals surface area contributed by atoms with Gasteiger partial charge in [0, 0.05) is 18.8 Å². The molecule has 0 saturated carbocycles. The molecule has 8 heteroatoms. The van der Waals surface area contributed by atoms with Gasteiger partial charge in [0.1, 0.15) is 13.2 Å².